The molecule has 0 aliphatic rings. The van der Waals surface area contributed by atoms with Gasteiger partial charge in [0.25, 0.3) is 0 Å². The zero-order valence-electron chi connectivity index (χ0n) is 10.6. The standard InChI is InChI=1S/C14H17NO2S/c1-11-9-18-13(15-11)8-14(16,10-17-2)12-6-4-3-5-7-12/h3-7,9,16H,8,10H2,1-2H3. The van der Waals surface area contributed by atoms with E-state index in [-0.39, 0.29) is 6.61 Å². The summed E-state index contributed by atoms with van der Waals surface area (Å²) in [5, 5.41) is 13.7. The van der Waals surface area contributed by atoms with Gasteiger partial charge in [0.05, 0.1) is 11.6 Å². The van der Waals surface area contributed by atoms with Gasteiger partial charge in [-0.2, -0.15) is 0 Å². The van der Waals surface area contributed by atoms with Crippen LogP contribution in [0.15, 0.2) is 35.7 Å². The topological polar surface area (TPSA) is 42.4 Å². The summed E-state index contributed by atoms with van der Waals surface area (Å²) in [4.78, 5) is 4.41. The molecule has 0 radical (unpaired) electrons. The minimum absolute atomic E-state index is 0.260. The van der Waals surface area contributed by atoms with Crippen LogP contribution in [0.5, 0.6) is 0 Å². The molecule has 0 fully saturated rings. The maximum Gasteiger partial charge on any atom is 0.119 e. The van der Waals surface area contributed by atoms with E-state index >= 15 is 0 Å². The van der Waals surface area contributed by atoms with E-state index in [2.05, 4.69) is 4.98 Å². The van der Waals surface area contributed by atoms with E-state index in [4.69, 9.17) is 4.74 Å². The summed E-state index contributed by atoms with van der Waals surface area (Å²) in [6.07, 6.45) is 0.476. The highest BCUT2D eigenvalue weighted by Gasteiger charge is 2.30. The summed E-state index contributed by atoms with van der Waals surface area (Å²) >= 11 is 1.57. The number of aromatic nitrogens is 1. The number of hydrogen-bond donors (Lipinski definition) is 1. The zero-order valence-corrected chi connectivity index (χ0v) is 11.4. The maximum absolute atomic E-state index is 10.8. The van der Waals surface area contributed by atoms with Gasteiger partial charge in [0.15, 0.2) is 0 Å². The Morgan fingerprint density at radius 2 is 2.06 bits per heavy atom. The predicted molar refractivity (Wildman–Crippen MR) is 72.8 cm³/mol. The number of methoxy groups -OCH3 is 1. The van der Waals surface area contributed by atoms with Gasteiger partial charge in [-0.3, -0.25) is 0 Å². The molecule has 1 atom stereocenters. The molecule has 3 nitrogen and oxygen atoms in total. The van der Waals surface area contributed by atoms with Crippen molar-refractivity contribution in [3.05, 3.63) is 52.0 Å². The van der Waals surface area contributed by atoms with E-state index in [0.29, 0.717) is 6.42 Å². The summed E-state index contributed by atoms with van der Waals surface area (Å²) in [6, 6.07) is 9.61. The van der Waals surface area contributed by atoms with Crippen molar-refractivity contribution in [3.63, 3.8) is 0 Å². The van der Waals surface area contributed by atoms with Gasteiger partial charge in [-0.25, -0.2) is 4.98 Å². The minimum atomic E-state index is -1.01. The van der Waals surface area contributed by atoms with Crippen molar-refractivity contribution in [2.24, 2.45) is 0 Å². The third-order valence-electron chi connectivity index (χ3n) is 2.80. The fourth-order valence-corrected chi connectivity index (χ4v) is 2.84. The van der Waals surface area contributed by atoms with Gasteiger partial charge < -0.3 is 9.84 Å². The number of aliphatic hydroxyl groups is 1. The molecule has 0 aliphatic heterocycles. The molecule has 0 aliphatic carbocycles. The van der Waals surface area contributed by atoms with Gasteiger partial charge >= 0.3 is 0 Å². The number of rotatable bonds is 5. The Labute approximate surface area is 111 Å². The molecule has 1 N–H and O–H groups in total. The van der Waals surface area contributed by atoms with Crippen molar-refractivity contribution in [1.82, 2.24) is 4.98 Å². The SMILES string of the molecule is COCC(O)(Cc1nc(C)cs1)c1ccccc1. The molecule has 96 valence electrons. The van der Waals surface area contributed by atoms with E-state index in [1.807, 2.05) is 42.6 Å². The second kappa shape index (κ2) is 5.61. The van der Waals surface area contributed by atoms with Crippen LogP contribution in [-0.4, -0.2) is 23.8 Å². The number of aryl methyl sites for hydroxylation is 1. The smallest absolute Gasteiger partial charge is 0.119 e. The van der Waals surface area contributed by atoms with Crippen LogP contribution in [0.2, 0.25) is 0 Å². The molecule has 2 rings (SSSR count). The Balaban J connectivity index is 2.26. The highest BCUT2D eigenvalue weighted by Crippen LogP contribution is 2.27. The van der Waals surface area contributed by atoms with Gasteiger partial charge in [0.2, 0.25) is 0 Å². The Hall–Kier alpha value is -1.23. The van der Waals surface area contributed by atoms with Crippen LogP contribution in [0.3, 0.4) is 0 Å². The Kier molecular flexibility index (Phi) is 4.11. The highest BCUT2D eigenvalue weighted by atomic mass is 32.1. The number of hydrogen-bond acceptors (Lipinski definition) is 4. The lowest BCUT2D eigenvalue weighted by molar-refractivity contribution is -0.0355. The lowest BCUT2D eigenvalue weighted by Crippen LogP contribution is -2.33. The number of nitrogens with zero attached hydrogens (tertiary/aromatic N) is 1. The van der Waals surface area contributed by atoms with Crippen LogP contribution < -0.4 is 0 Å². The first-order valence-corrected chi connectivity index (χ1v) is 6.70. The lowest BCUT2D eigenvalue weighted by atomic mass is 9.91. The van der Waals surface area contributed by atoms with Crippen LogP contribution in [0.1, 0.15) is 16.3 Å². The summed E-state index contributed by atoms with van der Waals surface area (Å²) in [5.41, 5.74) is 0.836. The third kappa shape index (κ3) is 2.96. The van der Waals surface area contributed by atoms with Gasteiger partial charge in [0.1, 0.15) is 5.60 Å². The van der Waals surface area contributed by atoms with Crippen molar-refractivity contribution >= 4 is 11.3 Å². The van der Waals surface area contributed by atoms with Crippen molar-refractivity contribution in [2.75, 3.05) is 13.7 Å². The molecule has 1 unspecified atom stereocenters. The molecular formula is C14H17NO2S. The van der Waals surface area contributed by atoms with Crippen molar-refractivity contribution < 1.29 is 9.84 Å². The Morgan fingerprint density at radius 3 is 2.61 bits per heavy atom. The first-order valence-electron chi connectivity index (χ1n) is 5.82. The van der Waals surface area contributed by atoms with Gasteiger partial charge in [-0.15, -0.1) is 11.3 Å². The van der Waals surface area contributed by atoms with Gasteiger partial charge in [0, 0.05) is 24.6 Å². The average molecular weight is 263 g/mol. The van der Waals surface area contributed by atoms with Crippen molar-refractivity contribution in [2.45, 2.75) is 18.9 Å². The van der Waals surface area contributed by atoms with Crippen LogP contribution in [-0.2, 0) is 16.8 Å². The molecule has 0 amide bonds. The van der Waals surface area contributed by atoms with E-state index in [1.165, 1.54) is 0 Å². The molecule has 1 aromatic carbocycles. The molecule has 0 saturated heterocycles. The molecule has 1 heterocycles. The van der Waals surface area contributed by atoms with Crippen LogP contribution in [0.25, 0.3) is 0 Å². The Bertz CT molecular complexity index is 498. The van der Waals surface area contributed by atoms with Gasteiger partial charge in [-0.1, -0.05) is 30.3 Å². The summed E-state index contributed by atoms with van der Waals surface area (Å²) in [6.45, 7) is 2.22. The quantitative estimate of drug-likeness (QED) is 0.901. The number of benzene rings is 1. The monoisotopic (exact) mass is 263 g/mol. The number of thiazole rings is 1. The molecular weight excluding hydrogens is 246 g/mol. The number of ether oxygens (including phenoxy) is 1. The zero-order chi connectivity index (χ0) is 13.0. The normalized spacial score (nSPS) is 14.4. The molecule has 0 spiro atoms. The maximum atomic E-state index is 10.8. The molecule has 2 aromatic rings. The third-order valence-corrected chi connectivity index (χ3v) is 3.77. The van der Waals surface area contributed by atoms with Gasteiger partial charge in [-0.05, 0) is 12.5 Å². The van der Waals surface area contributed by atoms with E-state index in [1.54, 1.807) is 18.4 Å². The second-order valence-electron chi connectivity index (χ2n) is 4.39. The first-order chi connectivity index (χ1) is 8.64. The minimum Gasteiger partial charge on any atom is -0.382 e. The second-order valence-corrected chi connectivity index (χ2v) is 5.33. The highest BCUT2D eigenvalue weighted by molar-refractivity contribution is 7.09. The molecule has 0 saturated carbocycles. The first kappa shape index (κ1) is 13.2. The van der Waals surface area contributed by atoms with E-state index in [0.717, 1.165) is 16.3 Å². The van der Waals surface area contributed by atoms with Crippen molar-refractivity contribution in [1.29, 1.82) is 0 Å². The largest absolute Gasteiger partial charge is 0.382 e. The average Bonchev–Trinajstić information content (AvgIpc) is 2.76. The van der Waals surface area contributed by atoms with Crippen LogP contribution in [0, 0.1) is 6.92 Å². The Morgan fingerprint density at radius 1 is 1.33 bits per heavy atom. The van der Waals surface area contributed by atoms with Crippen molar-refractivity contribution in [3.8, 4) is 0 Å². The molecule has 0 bridgehead atoms. The molecule has 18 heavy (non-hydrogen) atoms. The van der Waals surface area contributed by atoms with E-state index < -0.39 is 5.60 Å². The van der Waals surface area contributed by atoms with E-state index in [9.17, 15) is 5.11 Å². The fraction of sp³-hybridized carbons (Fsp3) is 0.357. The van der Waals surface area contributed by atoms with Crippen LogP contribution in [0.4, 0.5) is 0 Å². The predicted octanol–water partition coefficient (Wildman–Crippen LogP) is 2.53. The summed E-state index contributed by atoms with van der Waals surface area (Å²) < 4.78 is 5.17. The lowest BCUT2D eigenvalue weighted by Gasteiger charge is -2.27. The van der Waals surface area contributed by atoms with Crippen LogP contribution >= 0.6 is 11.3 Å². The molecule has 4 heteroatoms. The fourth-order valence-electron chi connectivity index (χ4n) is 1.96. The molecule has 1 aromatic heterocycles. The summed E-state index contributed by atoms with van der Waals surface area (Å²) in [5.74, 6) is 0. The summed E-state index contributed by atoms with van der Waals surface area (Å²) in [7, 11) is 1.60.